The van der Waals surface area contributed by atoms with Gasteiger partial charge < -0.3 is 0 Å². The average molecular weight is 462 g/mol. The summed E-state index contributed by atoms with van der Waals surface area (Å²) in [6.45, 7) is 1.63. The number of hydrazine groups is 1. The molecular formula is C27H21F3N2O2. The van der Waals surface area contributed by atoms with Crippen molar-refractivity contribution in [1.82, 2.24) is 10.4 Å². The van der Waals surface area contributed by atoms with E-state index in [1.807, 2.05) is 48.6 Å². The molecule has 1 aliphatic heterocycles. The van der Waals surface area contributed by atoms with Crippen LogP contribution < -0.4 is 5.43 Å². The van der Waals surface area contributed by atoms with E-state index >= 15 is 0 Å². The predicted octanol–water partition coefficient (Wildman–Crippen LogP) is 5.80. The molecular weight excluding hydrogens is 441 g/mol. The molecule has 172 valence electrons. The van der Waals surface area contributed by atoms with E-state index in [2.05, 4.69) is 5.43 Å². The molecule has 1 aliphatic carbocycles. The molecule has 2 atom stereocenters. The molecule has 2 aliphatic rings. The van der Waals surface area contributed by atoms with E-state index in [4.69, 9.17) is 0 Å². The van der Waals surface area contributed by atoms with Gasteiger partial charge in [-0.1, -0.05) is 66.7 Å². The standard InChI is InChI=1S/C27H21F3N2O2/c1-16-12-19(14-20(13-16)27(28,29)30)21-9-5-8-18-10-11-22(17-6-3-2-4-7-17)26(25(18)21)32-24(34)15-23(33)31-32/h2-14,22,26H,15H2,1H3,(H,31,33)/t22-,26-/m1/s1. The van der Waals surface area contributed by atoms with E-state index in [1.165, 1.54) is 5.01 Å². The van der Waals surface area contributed by atoms with Crippen LogP contribution in [0, 0.1) is 6.92 Å². The lowest BCUT2D eigenvalue weighted by Gasteiger charge is -2.37. The Hall–Kier alpha value is -3.87. The summed E-state index contributed by atoms with van der Waals surface area (Å²) in [5, 5.41) is 1.34. The van der Waals surface area contributed by atoms with Crippen LogP contribution in [-0.2, 0) is 15.8 Å². The van der Waals surface area contributed by atoms with Gasteiger partial charge in [0.2, 0.25) is 5.91 Å². The summed E-state index contributed by atoms with van der Waals surface area (Å²) in [6.07, 6.45) is -0.848. The normalized spacial score (nSPS) is 19.8. The van der Waals surface area contributed by atoms with Gasteiger partial charge in [-0.25, -0.2) is 5.01 Å². The summed E-state index contributed by atoms with van der Waals surface area (Å²) in [5.74, 6) is -1.07. The molecule has 1 N–H and O–H groups in total. The first-order valence-corrected chi connectivity index (χ1v) is 10.9. The fraction of sp³-hybridized carbons (Fsp3) is 0.185. The summed E-state index contributed by atoms with van der Waals surface area (Å²) in [6, 6.07) is 18.3. The number of hydrogen-bond acceptors (Lipinski definition) is 2. The van der Waals surface area contributed by atoms with Crippen LogP contribution in [0.1, 0.15) is 46.2 Å². The largest absolute Gasteiger partial charge is 0.416 e. The Labute approximate surface area is 194 Å². The van der Waals surface area contributed by atoms with Gasteiger partial charge in [0, 0.05) is 5.92 Å². The smallest absolute Gasteiger partial charge is 0.273 e. The van der Waals surface area contributed by atoms with Gasteiger partial charge in [-0.3, -0.25) is 15.0 Å². The average Bonchev–Trinajstić information content (AvgIpc) is 3.14. The Balaban J connectivity index is 1.74. The number of alkyl halides is 3. The van der Waals surface area contributed by atoms with Crippen molar-refractivity contribution in [2.24, 2.45) is 0 Å². The van der Waals surface area contributed by atoms with Gasteiger partial charge >= 0.3 is 6.18 Å². The third kappa shape index (κ3) is 3.87. The predicted molar refractivity (Wildman–Crippen MR) is 122 cm³/mol. The molecule has 0 spiro atoms. The highest BCUT2D eigenvalue weighted by molar-refractivity contribution is 6.02. The fourth-order valence-corrected chi connectivity index (χ4v) is 4.85. The van der Waals surface area contributed by atoms with Crippen molar-refractivity contribution < 1.29 is 22.8 Å². The lowest BCUT2D eigenvalue weighted by Crippen LogP contribution is -2.42. The van der Waals surface area contributed by atoms with Crippen molar-refractivity contribution in [3.8, 4) is 11.1 Å². The highest BCUT2D eigenvalue weighted by Crippen LogP contribution is 2.47. The number of aryl methyl sites for hydroxylation is 1. The molecule has 0 saturated carbocycles. The lowest BCUT2D eigenvalue weighted by molar-refractivity contribution is -0.137. The number of fused-ring (bicyclic) bond motifs is 1. The Kier molecular flexibility index (Phi) is 5.27. The zero-order valence-electron chi connectivity index (χ0n) is 18.3. The van der Waals surface area contributed by atoms with Gasteiger partial charge in [-0.2, -0.15) is 13.2 Å². The van der Waals surface area contributed by atoms with Crippen molar-refractivity contribution in [3.63, 3.8) is 0 Å². The summed E-state index contributed by atoms with van der Waals surface area (Å²) < 4.78 is 40.8. The SMILES string of the molecule is Cc1cc(-c2cccc3c2[C@H](N2NC(=O)CC2=O)[C@@H](c2ccccc2)C=C3)cc(C(F)(F)F)c1. The van der Waals surface area contributed by atoms with Gasteiger partial charge in [-0.05, 0) is 52.4 Å². The zero-order valence-corrected chi connectivity index (χ0v) is 18.3. The minimum Gasteiger partial charge on any atom is -0.273 e. The van der Waals surface area contributed by atoms with Crippen LogP contribution in [0.5, 0.6) is 0 Å². The van der Waals surface area contributed by atoms with Gasteiger partial charge in [0.15, 0.2) is 0 Å². The summed E-state index contributed by atoms with van der Waals surface area (Å²) in [5.41, 5.74) is 5.85. The molecule has 3 aromatic carbocycles. The summed E-state index contributed by atoms with van der Waals surface area (Å²) in [7, 11) is 0. The van der Waals surface area contributed by atoms with Gasteiger partial charge in [0.05, 0.1) is 11.6 Å². The van der Waals surface area contributed by atoms with E-state index in [0.29, 0.717) is 22.3 Å². The number of hydrogen-bond donors (Lipinski definition) is 1. The number of benzene rings is 3. The molecule has 0 radical (unpaired) electrons. The van der Waals surface area contributed by atoms with Crippen LogP contribution in [0.15, 0.2) is 72.8 Å². The quantitative estimate of drug-likeness (QED) is 0.501. The second-order valence-electron chi connectivity index (χ2n) is 8.61. The maximum absolute atomic E-state index is 13.6. The van der Waals surface area contributed by atoms with E-state index in [9.17, 15) is 22.8 Å². The van der Waals surface area contributed by atoms with Crippen LogP contribution >= 0.6 is 0 Å². The number of carbonyl (C=O) groups excluding carboxylic acids is 2. The van der Waals surface area contributed by atoms with E-state index < -0.39 is 23.7 Å². The van der Waals surface area contributed by atoms with Gasteiger partial charge in [-0.15, -0.1) is 0 Å². The molecule has 1 saturated heterocycles. The first-order chi connectivity index (χ1) is 16.2. The minimum absolute atomic E-state index is 0.262. The van der Waals surface area contributed by atoms with Crippen molar-refractivity contribution in [3.05, 3.63) is 101 Å². The van der Waals surface area contributed by atoms with Crippen molar-refractivity contribution in [2.75, 3.05) is 0 Å². The Morgan fingerprint density at radius 2 is 1.74 bits per heavy atom. The second kappa shape index (κ2) is 8.17. The van der Waals surface area contributed by atoms with Crippen LogP contribution in [0.2, 0.25) is 0 Å². The molecule has 0 bridgehead atoms. The van der Waals surface area contributed by atoms with Crippen molar-refractivity contribution in [2.45, 2.75) is 31.5 Å². The zero-order chi connectivity index (χ0) is 24.0. The Morgan fingerprint density at radius 1 is 0.971 bits per heavy atom. The summed E-state index contributed by atoms with van der Waals surface area (Å²) >= 11 is 0. The molecule has 5 rings (SSSR count). The van der Waals surface area contributed by atoms with Gasteiger partial charge in [0.1, 0.15) is 6.42 Å². The third-order valence-electron chi connectivity index (χ3n) is 6.26. The Bertz CT molecular complexity index is 1320. The first-order valence-electron chi connectivity index (χ1n) is 10.9. The van der Waals surface area contributed by atoms with E-state index in [-0.39, 0.29) is 18.2 Å². The van der Waals surface area contributed by atoms with Crippen molar-refractivity contribution >= 4 is 17.9 Å². The number of halogens is 3. The summed E-state index contributed by atoms with van der Waals surface area (Å²) in [4.78, 5) is 24.9. The molecule has 0 aromatic heterocycles. The van der Waals surface area contributed by atoms with Crippen LogP contribution in [0.3, 0.4) is 0 Å². The molecule has 4 nitrogen and oxygen atoms in total. The van der Waals surface area contributed by atoms with E-state index in [1.54, 1.807) is 25.1 Å². The topological polar surface area (TPSA) is 49.4 Å². The molecule has 1 fully saturated rings. The maximum Gasteiger partial charge on any atom is 0.416 e. The fourth-order valence-electron chi connectivity index (χ4n) is 4.85. The number of nitrogens with one attached hydrogen (secondary N) is 1. The Morgan fingerprint density at radius 3 is 2.41 bits per heavy atom. The van der Waals surface area contributed by atoms with Crippen molar-refractivity contribution in [1.29, 1.82) is 0 Å². The molecule has 1 heterocycles. The molecule has 3 aromatic rings. The highest BCUT2D eigenvalue weighted by Gasteiger charge is 2.41. The molecule has 0 unspecified atom stereocenters. The maximum atomic E-state index is 13.6. The van der Waals surface area contributed by atoms with E-state index in [0.717, 1.165) is 23.3 Å². The number of rotatable bonds is 3. The monoisotopic (exact) mass is 462 g/mol. The van der Waals surface area contributed by atoms with Crippen LogP contribution in [0.25, 0.3) is 17.2 Å². The molecule has 34 heavy (non-hydrogen) atoms. The third-order valence-corrected chi connectivity index (χ3v) is 6.26. The number of nitrogens with zero attached hydrogens (tertiary/aromatic N) is 1. The number of amides is 2. The molecule has 7 heteroatoms. The van der Waals surface area contributed by atoms with Gasteiger partial charge in [0.25, 0.3) is 5.91 Å². The minimum atomic E-state index is -4.49. The second-order valence-corrected chi connectivity index (χ2v) is 8.61. The highest BCUT2D eigenvalue weighted by atomic mass is 19.4. The first kappa shape index (κ1) is 21.9. The van der Waals surface area contributed by atoms with Crippen LogP contribution in [-0.4, -0.2) is 16.8 Å². The van der Waals surface area contributed by atoms with Crippen LogP contribution in [0.4, 0.5) is 13.2 Å². The molecule has 2 amide bonds. The lowest BCUT2D eigenvalue weighted by atomic mass is 9.77. The number of carbonyl (C=O) groups is 2.